The zero-order valence-electron chi connectivity index (χ0n) is 7.73. The van der Waals surface area contributed by atoms with Crippen molar-refractivity contribution in [2.75, 3.05) is 0 Å². The van der Waals surface area contributed by atoms with Crippen molar-refractivity contribution in [2.24, 2.45) is 5.92 Å². The molecular weight excluding hydrogens is 207 g/mol. The molecule has 5 heteroatoms. The predicted molar refractivity (Wildman–Crippen MR) is 49.0 cm³/mol. The maximum atomic E-state index is 12.3. The van der Waals surface area contributed by atoms with Crippen molar-refractivity contribution in [3.8, 4) is 0 Å². The van der Waals surface area contributed by atoms with Gasteiger partial charge in [-0.25, -0.2) is 0 Å². The Hall–Kier alpha value is -0.840. The van der Waals surface area contributed by atoms with Crippen LogP contribution in [-0.2, 0) is 16.0 Å². The fraction of sp³-hybridized carbons (Fsp3) is 0.556. The number of hydrogen-bond acceptors (Lipinski definition) is 3. The number of hydrogen-bond donors (Lipinski definition) is 0. The minimum absolute atomic E-state index is 0.182. The van der Waals surface area contributed by atoms with E-state index in [-0.39, 0.29) is 5.76 Å². The van der Waals surface area contributed by atoms with E-state index in [1.807, 2.05) is 0 Å². The van der Waals surface area contributed by atoms with Crippen LogP contribution in [0.4, 0.5) is 3.89 Å². The normalized spacial score (nSPS) is 26.4. The Morgan fingerprint density at radius 2 is 2.21 bits per heavy atom. The average Bonchev–Trinajstić information content (AvgIpc) is 2.58. The highest BCUT2D eigenvalue weighted by molar-refractivity contribution is 7.85. The summed E-state index contributed by atoms with van der Waals surface area (Å²) in [4.78, 5) is 0. The molecule has 1 aliphatic carbocycles. The van der Waals surface area contributed by atoms with Crippen LogP contribution < -0.4 is 0 Å². The van der Waals surface area contributed by atoms with Gasteiger partial charge in [-0.1, -0.05) is 6.92 Å². The van der Waals surface area contributed by atoms with Crippen LogP contribution in [0, 0.1) is 5.92 Å². The van der Waals surface area contributed by atoms with Crippen molar-refractivity contribution in [1.82, 2.24) is 0 Å². The summed E-state index contributed by atoms with van der Waals surface area (Å²) >= 11 is 0. The quantitative estimate of drug-likeness (QED) is 0.731. The maximum absolute atomic E-state index is 12.3. The van der Waals surface area contributed by atoms with E-state index in [0.29, 0.717) is 11.8 Å². The van der Waals surface area contributed by atoms with Gasteiger partial charge in [-0.2, -0.15) is 8.42 Å². The summed E-state index contributed by atoms with van der Waals surface area (Å²) in [6, 6.07) is 3.26. The van der Waals surface area contributed by atoms with E-state index in [2.05, 4.69) is 6.92 Å². The molecule has 78 valence electrons. The molecule has 3 nitrogen and oxygen atoms in total. The Balaban J connectivity index is 2.11. The molecule has 0 aliphatic heterocycles. The van der Waals surface area contributed by atoms with Gasteiger partial charge in [0.1, 0.15) is 17.3 Å². The summed E-state index contributed by atoms with van der Waals surface area (Å²) in [5.41, 5.74) is 0. The highest BCUT2D eigenvalue weighted by Crippen LogP contribution is 2.47. The first-order valence-corrected chi connectivity index (χ1v) is 6.02. The molecule has 0 amide bonds. The first kappa shape index (κ1) is 9.71. The SMILES string of the molecule is CC1CC1c1ccc(CS(=O)(=O)F)o1. The fourth-order valence-electron chi connectivity index (χ4n) is 1.56. The smallest absolute Gasteiger partial charge is 0.309 e. The van der Waals surface area contributed by atoms with Crippen molar-refractivity contribution in [1.29, 1.82) is 0 Å². The van der Waals surface area contributed by atoms with E-state index in [1.165, 1.54) is 6.07 Å². The van der Waals surface area contributed by atoms with Crippen molar-refractivity contribution in [3.63, 3.8) is 0 Å². The standard InChI is InChI=1S/C9H11FO3S/c1-6-4-8(6)9-3-2-7(13-9)5-14(10,11)12/h2-3,6,8H,4-5H2,1H3. The highest BCUT2D eigenvalue weighted by Gasteiger charge is 2.36. The molecule has 14 heavy (non-hydrogen) atoms. The first-order chi connectivity index (χ1) is 6.46. The molecule has 1 aliphatic rings. The van der Waals surface area contributed by atoms with Crippen LogP contribution in [0.5, 0.6) is 0 Å². The molecular formula is C9H11FO3S. The van der Waals surface area contributed by atoms with Gasteiger partial charge in [0.05, 0.1) is 0 Å². The Morgan fingerprint density at radius 1 is 1.57 bits per heavy atom. The largest absolute Gasteiger partial charge is 0.465 e. The van der Waals surface area contributed by atoms with Gasteiger partial charge in [0.15, 0.2) is 0 Å². The molecule has 0 spiro atoms. The minimum atomic E-state index is -4.48. The molecule has 0 radical (unpaired) electrons. The van der Waals surface area contributed by atoms with E-state index in [9.17, 15) is 12.3 Å². The van der Waals surface area contributed by atoms with Crippen molar-refractivity contribution < 1.29 is 16.7 Å². The van der Waals surface area contributed by atoms with Gasteiger partial charge in [0.2, 0.25) is 0 Å². The van der Waals surface area contributed by atoms with Crippen LogP contribution in [0.1, 0.15) is 30.8 Å². The van der Waals surface area contributed by atoms with Crippen LogP contribution in [0.15, 0.2) is 16.5 Å². The molecule has 0 saturated heterocycles. The fourth-order valence-corrected chi connectivity index (χ4v) is 2.05. The van der Waals surface area contributed by atoms with E-state index in [1.54, 1.807) is 6.07 Å². The third-order valence-electron chi connectivity index (χ3n) is 2.47. The van der Waals surface area contributed by atoms with Gasteiger partial charge in [-0.05, 0) is 24.5 Å². The molecule has 1 heterocycles. The zero-order valence-corrected chi connectivity index (χ0v) is 8.55. The molecule has 1 aromatic heterocycles. The van der Waals surface area contributed by atoms with Crippen LogP contribution in [-0.4, -0.2) is 8.42 Å². The lowest BCUT2D eigenvalue weighted by molar-refractivity contribution is 0.468. The van der Waals surface area contributed by atoms with Crippen LogP contribution in [0.3, 0.4) is 0 Å². The summed E-state index contributed by atoms with van der Waals surface area (Å²) in [5.74, 6) is 1.29. The third kappa shape index (κ3) is 2.15. The zero-order chi connectivity index (χ0) is 10.3. The maximum Gasteiger partial charge on any atom is 0.309 e. The average molecular weight is 218 g/mol. The van der Waals surface area contributed by atoms with Crippen LogP contribution in [0.25, 0.3) is 0 Å². The lowest BCUT2D eigenvalue weighted by Crippen LogP contribution is -1.93. The third-order valence-corrected chi connectivity index (χ3v) is 3.10. The molecule has 2 atom stereocenters. The number of furan rings is 1. The first-order valence-electron chi connectivity index (χ1n) is 4.46. The highest BCUT2D eigenvalue weighted by atomic mass is 32.3. The van der Waals surface area contributed by atoms with E-state index in [4.69, 9.17) is 4.42 Å². The molecule has 1 fully saturated rings. The molecule has 0 bridgehead atoms. The number of rotatable bonds is 3. The van der Waals surface area contributed by atoms with Crippen molar-refractivity contribution in [2.45, 2.75) is 25.0 Å². The van der Waals surface area contributed by atoms with E-state index in [0.717, 1.165) is 12.2 Å². The summed E-state index contributed by atoms with van der Waals surface area (Å²) in [7, 11) is -4.48. The second-order valence-electron chi connectivity index (χ2n) is 3.81. The Kier molecular flexibility index (Phi) is 2.14. The second kappa shape index (κ2) is 3.08. The second-order valence-corrected chi connectivity index (χ2v) is 5.17. The summed E-state index contributed by atoms with van der Waals surface area (Å²) < 4.78 is 38.2. The summed E-state index contributed by atoms with van der Waals surface area (Å²) in [6.45, 7) is 2.10. The summed E-state index contributed by atoms with van der Waals surface area (Å²) in [5, 5.41) is 0. The van der Waals surface area contributed by atoms with Gasteiger partial charge < -0.3 is 4.42 Å². The van der Waals surface area contributed by atoms with Crippen LogP contribution in [0.2, 0.25) is 0 Å². The van der Waals surface area contributed by atoms with E-state index >= 15 is 0 Å². The minimum Gasteiger partial charge on any atom is -0.465 e. The van der Waals surface area contributed by atoms with E-state index < -0.39 is 16.0 Å². The van der Waals surface area contributed by atoms with Gasteiger partial charge in [0, 0.05) is 5.92 Å². The molecule has 2 unspecified atom stereocenters. The van der Waals surface area contributed by atoms with Gasteiger partial charge in [-0.3, -0.25) is 0 Å². The summed E-state index contributed by atoms with van der Waals surface area (Å²) in [6.07, 6.45) is 1.06. The molecule has 1 aromatic rings. The molecule has 0 aromatic carbocycles. The number of halogens is 1. The molecule has 2 rings (SSSR count). The van der Waals surface area contributed by atoms with Crippen LogP contribution >= 0.6 is 0 Å². The Morgan fingerprint density at radius 3 is 2.71 bits per heavy atom. The monoisotopic (exact) mass is 218 g/mol. The van der Waals surface area contributed by atoms with Crippen molar-refractivity contribution >= 4 is 10.2 Å². The van der Waals surface area contributed by atoms with Crippen molar-refractivity contribution in [3.05, 3.63) is 23.7 Å². The van der Waals surface area contributed by atoms with Gasteiger partial charge >= 0.3 is 10.2 Å². The molecule has 1 saturated carbocycles. The lowest BCUT2D eigenvalue weighted by Gasteiger charge is -1.92. The van der Waals surface area contributed by atoms with Gasteiger partial charge in [0.25, 0.3) is 0 Å². The molecule has 0 N–H and O–H groups in total. The Labute approximate surface area is 82.1 Å². The predicted octanol–water partition coefficient (Wildman–Crippen LogP) is 2.20. The van der Waals surface area contributed by atoms with Gasteiger partial charge in [-0.15, -0.1) is 3.89 Å². The topological polar surface area (TPSA) is 47.3 Å². The lowest BCUT2D eigenvalue weighted by atomic mass is 10.3. The Bertz CT molecular complexity index is 435.